The summed E-state index contributed by atoms with van der Waals surface area (Å²) in [6.07, 6.45) is 5.21. The van der Waals surface area contributed by atoms with E-state index in [9.17, 15) is 5.11 Å². The number of rotatable bonds is 6. The lowest BCUT2D eigenvalue weighted by Crippen LogP contribution is -2.48. The molecular weight excluding hydrogens is 226 g/mol. The number of aliphatic hydroxyl groups excluding tert-OH is 1. The maximum Gasteiger partial charge on any atom is 0.0903 e. The van der Waals surface area contributed by atoms with Gasteiger partial charge in [0.25, 0.3) is 0 Å². The van der Waals surface area contributed by atoms with Crippen LogP contribution in [0, 0.1) is 0 Å². The van der Waals surface area contributed by atoms with Crippen LogP contribution >= 0.6 is 0 Å². The second-order valence-electron chi connectivity index (χ2n) is 5.07. The van der Waals surface area contributed by atoms with E-state index in [4.69, 9.17) is 4.74 Å². The van der Waals surface area contributed by atoms with Crippen molar-refractivity contribution in [3.63, 3.8) is 0 Å². The molecule has 1 aromatic carbocycles. The molecule has 0 bridgehead atoms. The first-order chi connectivity index (χ1) is 8.80. The molecule has 0 aromatic heterocycles. The van der Waals surface area contributed by atoms with Crippen LogP contribution in [0.25, 0.3) is 0 Å². The summed E-state index contributed by atoms with van der Waals surface area (Å²) in [6.45, 7) is 0.564. The Morgan fingerprint density at radius 1 is 1.28 bits per heavy atom. The van der Waals surface area contributed by atoms with Gasteiger partial charge < -0.3 is 15.2 Å². The zero-order chi connectivity index (χ0) is 12.8. The third-order valence-corrected chi connectivity index (χ3v) is 3.94. The first-order valence-electron chi connectivity index (χ1n) is 6.77. The summed E-state index contributed by atoms with van der Waals surface area (Å²) < 4.78 is 5.98. The van der Waals surface area contributed by atoms with Crippen molar-refractivity contribution >= 4 is 0 Å². The molecule has 0 aliphatic heterocycles. The smallest absolute Gasteiger partial charge is 0.0903 e. The molecule has 1 aliphatic carbocycles. The van der Waals surface area contributed by atoms with E-state index in [-0.39, 0.29) is 6.61 Å². The van der Waals surface area contributed by atoms with Gasteiger partial charge >= 0.3 is 0 Å². The van der Waals surface area contributed by atoms with Crippen molar-refractivity contribution in [2.75, 3.05) is 20.3 Å². The van der Waals surface area contributed by atoms with Crippen LogP contribution in [0.5, 0.6) is 0 Å². The molecule has 3 heteroatoms. The SMILES string of the molecule is CNC(CO)(COC1CCCC1)c1ccccc1. The van der Waals surface area contributed by atoms with Gasteiger partial charge in [-0.3, -0.25) is 0 Å². The molecule has 1 fully saturated rings. The molecule has 1 aromatic rings. The van der Waals surface area contributed by atoms with Crippen molar-refractivity contribution in [1.82, 2.24) is 5.32 Å². The number of hydrogen-bond donors (Lipinski definition) is 2. The molecule has 0 spiro atoms. The van der Waals surface area contributed by atoms with E-state index in [1.165, 1.54) is 12.8 Å². The molecule has 100 valence electrons. The molecule has 0 radical (unpaired) electrons. The van der Waals surface area contributed by atoms with E-state index >= 15 is 0 Å². The molecule has 1 aliphatic rings. The van der Waals surface area contributed by atoms with Gasteiger partial charge in [0.15, 0.2) is 0 Å². The summed E-state index contributed by atoms with van der Waals surface area (Å²) >= 11 is 0. The summed E-state index contributed by atoms with van der Waals surface area (Å²) in [6, 6.07) is 10.0. The number of ether oxygens (including phenoxy) is 1. The summed E-state index contributed by atoms with van der Waals surface area (Å²) in [4.78, 5) is 0. The van der Waals surface area contributed by atoms with Crippen molar-refractivity contribution in [1.29, 1.82) is 0 Å². The number of likely N-dealkylation sites (N-methyl/N-ethyl adjacent to an activating group) is 1. The molecule has 1 saturated carbocycles. The Kier molecular flexibility index (Phi) is 4.75. The van der Waals surface area contributed by atoms with Crippen LogP contribution in [-0.4, -0.2) is 31.5 Å². The first-order valence-corrected chi connectivity index (χ1v) is 6.77. The van der Waals surface area contributed by atoms with Gasteiger partial charge in [-0.15, -0.1) is 0 Å². The zero-order valence-electron chi connectivity index (χ0n) is 11.1. The van der Waals surface area contributed by atoms with Gasteiger partial charge in [-0.2, -0.15) is 0 Å². The molecule has 0 amide bonds. The summed E-state index contributed by atoms with van der Waals surface area (Å²) in [5, 5.41) is 13.0. The number of aliphatic hydroxyl groups is 1. The topological polar surface area (TPSA) is 41.5 Å². The Labute approximate surface area is 109 Å². The van der Waals surface area contributed by atoms with Gasteiger partial charge in [0.2, 0.25) is 0 Å². The van der Waals surface area contributed by atoms with E-state index in [0.29, 0.717) is 12.7 Å². The lowest BCUT2D eigenvalue weighted by Gasteiger charge is -2.33. The Balaban J connectivity index is 2.06. The highest BCUT2D eigenvalue weighted by molar-refractivity contribution is 5.24. The standard InChI is InChI=1S/C15H23NO2/c1-16-15(11-17,13-7-3-2-4-8-13)12-18-14-9-5-6-10-14/h2-4,7-8,14,16-17H,5-6,9-12H2,1H3. The summed E-state index contributed by atoms with van der Waals surface area (Å²) in [5.74, 6) is 0. The molecule has 0 saturated heterocycles. The highest BCUT2D eigenvalue weighted by atomic mass is 16.5. The van der Waals surface area contributed by atoms with Crippen LogP contribution in [0.1, 0.15) is 31.2 Å². The van der Waals surface area contributed by atoms with Crippen molar-refractivity contribution < 1.29 is 9.84 Å². The second kappa shape index (κ2) is 6.32. The predicted molar refractivity (Wildman–Crippen MR) is 72.5 cm³/mol. The van der Waals surface area contributed by atoms with Gasteiger partial charge in [0.1, 0.15) is 0 Å². The van der Waals surface area contributed by atoms with E-state index < -0.39 is 5.54 Å². The van der Waals surface area contributed by atoms with Crippen LogP contribution in [0.3, 0.4) is 0 Å². The molecule has 3 nitrogen and oxygen atoms in total. The number of hydrogen-bond acceptors (Lipinski definition) is 3. The molecular formula is C15H23NO2. The second-order valence-corrected chi connectivity index (χ2v) is 5.07. The van der Waals surface area contributed by atoms with Crippen LogP contribution in [-0.2, 0) is 10.3 Å². The maximum absolute atomic E-state index is 9.76. The highest BCUT2D eigenvalue weighted by Crippen LogP contribution is 2.26. The minimum atomic E-state index is -0.482. The number of benzene rings is 1. The highest BCUT2D eigenvalue weighted by Gasteiger charge is 2.31. The molecule has 0 heterocycles. The lowest BCUT2D eigenvalue weighted by molar-refractivity contribution is -0.00615. The lowest BCUT2D eigenvalue weighted by atomic mass is 9.91. The third kappa shape index (κ3) is 2.91. The molecule has 1 unspecified atom stereocenters. The Morgan fingerprint density at radius 2 is 1.94 bits per heavy atom. The quantitative estimate of drug-likeness (QED) is 0.811. The van der Waals surface area contributed by atoms with Crippen LogP contribution in [0.4, 0.5) is 0 Å². The Morgan fingerprint density at radius 3 is 2.50 bits per heavy atom. The monoisotopic (exact) mass is 249 g/mol. The van der Waals surface area contributed by atoms with Gasteiger partial charge in [0, 0.05) is 0 Å². The fourth-order valence-corrected chi connectivity index (χ4v) is 2.59. The van der Waals surface area contributed by atoms with Gasteiger partial charge in [-0.05, 0) is 25.5 Å². The van der Waals surface area contributed by atoms with Crippen molar-refractivity contribution in [3.8, 4) is 0 Å². The minimum Gasteiger partial charge on any atom is -0.394 e. The van der Waals surface area contributed by atoms with Crippen molar-refractivity contribution in [3.05, 3.63) is 35.9 Å². The van der Waals surface area contributed by atoms with E-state index in [1.807, 2.05) is 37.4 Å². The predicted octanol–water partition coefficient (Wildman–Crippen LogP) is 2.05. The van der Waals surface area contributed by atoms with E-state index in [1.54, 1.807) is 0 Å². The fourth-order valence-electron chi connectivity index (χ4n) is 2.59. The largest absolute Gasteiger partial charge is 0.394 e. The maximum atomic E-state index is 9.76. The van der Waals surface area contributed by atoms with Gasteiger partial charge in [-0.1, -0.05) is 43.2 Å². The van der Waals surface area contributed by atoms with Crippen molar-refractivity contribution in [2.45, 2.75) is 37.3 Å². The normalized spacial score (nSPS) is 19.9. The van der Waals surface area contributed by atoms with E-state index in [2.05, 4.69) is 5.32 Å². The third-order valence-electron chi connectivity index (χ3n) is 3.94. The average molecular weight is 249 g/mol. The van der Waals surface area contributed by atoms with E-state index in [0.717, 1.165) is 18.4 Å². The van der Waals surface area contributed by atoms with Crippen molar-refractivity contribution in [2.24, 2.45) is 0 Å². The van der Waals surface area contributed by atoms with Crippen LogP contribution < -0.4 is 5.32 Å². The summed E-state index contributed by atoms with van der Waals surface area (Å²) in [5.41, 5.74) is 0.595. The Bertz CT molecular complexity index is 343. The molecule has 2 rings (SSSR count). The van der Waals surface area contributed by atoms with Crippen LogP contribution in [0.2, 0.25) is 0 Å². The summed E-state index contributed by atoms with van der Waals surface area (Å²) in [7, 11) is 1.88. The number of nitrogens with one attached hydrogen (secondary N) is 1. The van der Waals surface area contributed by atoms with Gasteiger partial charge in [-0.25, -0.2) is 0 Å². The van der Waals surface area contributed by atoms with Crippen LogP contribution in [0.15, 0.2) is 30.3 Å². The molecule has 2 N–H and O–H groups in total. The zero-order valence-corrected chi connectivity index (χ0v) is 11.1. The van der Waals surface area contributed by atoms with Gasteiger partial charge in [0.05, 0.1) is 24.9 Å². The fraction of sp³-hybridized carbons (Fsp3) is 0.600. The Hall–Kier alpha value is -0.900. The molecule has 18 heavy (non-hydrogen) atoms. The molecule has 1 atom stereocenters. The average Bonchev–Trinajstić information content (AvgIpc) is 2.95. The first kappa shape index (κ1) is 13.5. The minimum absolute atomic E-state index is 0.0419.